The van der Waals surface area contributed by atoms with Crippen LogP contribution in [0.5, 0.6) is 0 Å². The van der Waals surface area contributed by atoms with E-state index in [1.54, 1.807) is 24.5 Å². The fourth-order valence-electron chi connectivity index (χ4n) is 2.57. The number of pyridine rings is 1. The molecular formula is C21H15N3OS. The molecule has 1 N–H and O–H groups in total. The standard InChI is InChI=1S/C21H15N3OS/c25-19(17-12-7-13-22-14-17)24-21-18(15-8-3-1-4-9-15)23-20(26-21)16-10-5-2-6-11-16/h1-14H,(H,24,25). The normalized spacial score (nSPS) is 10.5. The molecule has 126 valence electrons. The summed E-state index contributed by atoms with van der Waals surface area (Å²) < 4.78 is 0. The number of carbonyl (C=O) groups is 1. The zero-order chi connectivity index (χ0) is 17.8. The number of rotatable bonds is 4. The van der Waals surface area contributed by atoms with Gasteiger partial charge in [0.15, 0.2) is 0 Å². The van der Waals surface area contributed by atoms with Crippen LogP contribution in [0, 0.1) is 0 Å². The van der Waals surface area contributed by atoms with Gasteiger partial charge >= 0.3 is 0 Å². The summed E-state index contributed by atoms with van der Waals surface area (Å²) in [6, 6.07) is 23.3. The van der Waals surface area contributed by atoms with Crippen molar-refractivity contribution >= 4 is 22.2 Å². The number of anilines is 1. The van der Waals surface area contributed by atoms with Gasteiger partial charge in [-0.1, -0.05) is 72.0 Å². The van der Waals surface area contributed by atoms with Gasteiger partial charge in [0.05, 0.1) is 5.56 Å². The third-order valence-corrected chi connectivity index (χ3v) is 4.87. The molecule has 0 radical (unpaired) electrons. The number of nitrogens with one attached hydrogen (secondary N) is 1. The van der Waals surface area contributed by atoms with Crippen molar-refractivity contribution in [3.63, 3.8) is 0 Å². The predicted molar refractivity (Wildman–Crippen MR) is 105 cm³/mol. The van der Waals surface area contributed by atoms with Crippen molar-refractivity contribution in [2.45, 2.75) is 0 Å². The quantitative estimate of drug-likeness (QED) is 0.551. The molecule has 0 fully saturated rings. The van der Waals surface area contributed by atoms with Crippen LogP contribution < -0.4 is 5.32 Å². The topological polar surface area (TPSA) is 54.9 Å². The average Bonchev–Trinajstić information content (AvgIpc) is 3.14. The van der Waals surface area contributed by atoms with Crippen molar-refractivity contribution < 1.29 is 4.79 Å². The van der Waals surface area contributed by atoms with Gasteiger partial charge in [-0.2, -0.15) is 0 Å². The van der Waals surface area contributed by atoms with Crippen LogP contribution in [0.1, 0.15) is 10.4 Å². The molecule has 0 saturated carbocycles. The molecule has 26 heavy (non-hydrogen) atoms. The SMILES string of the molecule is O=C(Nc1sc(-c2ccccc2)nc1-c1ccccc1)c1cccnc1. The molecule has 0 bridgehead atoms. The van der Waals surface area contributed by atoms with Gasteiger partial charge in [-0.25, -0.2) is 4.98 Å². The van der Waals surface area contributed by atoms with E-state index in [2.05, 4.69) is 10.3 Å². The molecule has 2 heterocycles. The molecule has 0 aliphatic heterocycles. The second kappa shape index (κ2) is 7.29. The van der Waals surface area contributed by atoms with Crippen molar-refractivity contribution in [3.05, 3.63) is 90.8 Å². The van der Waals surface area contributed by atoms with Crippen LogP contribution in [0.15, 0.2) is 85.2 Å². The first-order valence-electron chi connectivity index (χ1n) is 8.14. The van der Waals surface area contributed by atoms with E-state index in [-0.39, 0.29) is 5.91 Å². The summed E-state index contributed by atoms with van der Waals surface area (Å²) in [5.41, 5.74) is 3.27. The number of thiazole rings is 1. The molecule has 2 aromatic heterocycles. The van der Waals surface area contributed by atoms with Crippen molar-refractivity contribution in [3.8, 4) is 21.8 Å². The highest BCUT2D eigenvalue weighted by molar-refractivity contribution is 7.19. The molecule has 0 atom stereocenters. The van der Waals surface area contributed by atoms with Gasteiger partial charge in [0.1, 0.15) is 15.7 Å². The van der Waals surface area contributed by atoms with Gasteiger partial charge in [0, 0.05) is 23.5 Å². The van der Waals surface area contributed by atoms with Crippen LogP contribution in [0.2, 0.25) is 0 Å². The summed E-state index contributed by atoms with van der Waals surface area (Å²) >= 11 is 1.47. The Kier molecular flexibility index (Phi) is 4.53. The summed E-state index contributed by atoms with van der Waals surface area (Å²) in [4.78, 5) is 21.4. The molecule has 5 heteroatoms. The number of hydrogen-bond donors (Lipinski definition) is 1. The van der Waals surface area contributed by atoms with Gasteiger partial charge in [0.2, 0.25) is 0 Å². The second-order valence-electron chi connectivity index (χ2n) is 5.62. The Balaban J connectivity index is 1.75. The minimum atomic E-state index is -0.196. The summed E-state index contributed by atoms with van der Waals surface area (Å²) in [7, 11) is 0. The van der Waals surface area contributed by atoms with Gasteiger partial charge < -0.3 is 5.32 Å². The summed E-state index contributed by atoms with van der Waals surface area (Å²) in [5.74, 6) is -0.196. The fraction of sp³-hybridized carbons (Fsp3) is 0. The smallest absolute Gasteiger partial charge is 0.257 e. The van der Waals surface area contributed by atoms with Crippen LogP contribution >= 0.6 is 11.3 Å². The second-order valence-corrected chi connectivity index (χ2v) is 6.62. The van der Waals surface area contributed by atoms with Gasteiger partial charge in [-0.15, -0.1) is 0 Å². The summed E-state index contributed by atoms with van der Waals surface area (Å²) in [6.07, 6.45) is 3.20. The Hall–Kier alpha value is -3.31. The van der Waals surface area contributed by atoms with E-state index >= 15 is 0 Å². The van der Waals surface area contributed by atoms with Gasteiger partial charge in [-0.3, -0.25) is 9.78 Å². The summed E-state index contributed by atoms with van der Waals surface area (Å²) in [5, 5.41) is 4.58. The highest BCUT2D eigenvalue weighted by Gasteiger charge is 2.17. The van der Waals surface area contributed by atoms with Crippen molar-refractivity contribution in [2.75, 3.05) is 5.32 Å². The molecule has 0 aliphatic rings. The number of amides is 1. The molecule has 0 unspecified atom stereocenters. The average molecular weight is 357 g/mol. The largest absolute Gasteiger partial charge is 0.312 e. The molecule has 2 aromatic carbocycles. The molecule has 0 spiro atoms. The lowest BCUT2D eigenvalue weighted by molar-refractivity contribution is 0.102. The van der Waals surface area contributed by atoms with Crippen LogP contribution in [0.3, 0.4) is 0 Å². The Bertz CT molecular complexity index is 1020. The maximum Gasteiger partial charge on any atom is 0.257 e. The van der Waals surface area contributed by atoms with E-state index < -0.39 is 0 Å². The third-order valence-electron chi connectivity index (χ3n) is 3.85. The van der Waals surface area contributed by atoms with Gasteiger partial charge in [-0.05, 0) is 12.1 Å². The first-order chi connectivity index (χ1) is 12.8. The molecule has 1 amide bonds. The molecular weight excluding hydrogens is 342 g/mol. The van der Waals surface area contributed by atoms with E-state index in [1.807, 2.05) is 60.7 Å². The van der Waals surface area contributed by atoms with E-state index in [0.717, 1.165) is 26.8 Å². The highest BCUT2D eigenvalue weighted by atomic mass is 32.1. The number of benzene rings is 2. The number of nitrogens with zero attached hydrogens (tertiary/aromatic N) is 2. The fourth-order valence-corrected chi connectivity index (χ4v) is 3.56. The maximum absolute atomic E-state index is 12.6. The number of aromatic nitrogens is 2. The van der Waals surface area contributed by atoms with E-state index in [0.29, 0.717) is 5.56 Å². The number of hydrogen-bond acceptors (Lipinski definition) is 4. The van der Waals surface area contributed by atoms with Crippen LogP contribution in [-0.2, 0) is 0 Å². The Morgan fingerprint density at radius 3 is 2.19 bits per heavy atom. The highest BCUT2D eigenvalue weighted by Crippen LogP contribution is 2.38. The maximum atomic E-state index is 12.6. The van der Waals surface area contributed by atoms with Crippen LogP contribution in [0.25, 0.3) is 21.8 Å². The molecule has 4 nitrogen and oxygen atoms in total. The minimum Gasteiger partial charge on any atom is -0.312 e. The Labute approximate surface area is 155 Å². The first-order valence-corrected chi connectivity index (χ1v) is 8.96. The van der Waals surface area contributed by atoms with Gasteiger partial charge in [0.25, 0.3) is 5.91 Å². The van der Waals surface area contributed by atoms with Crippen LogP contribution in [0.4, 0.5) is 5.00 Å². The summed E-state index contributed by atoms with van der Waals surface area (Å²) in [6.45, 7) is 0. The lowest BCUT2D eigenvalue weighted by Crippen LogP contribution is -2.11. The van der Waals surface area contributed by atoms with Crippen molar-refractivity contribution in [2.24, 2.45) is 0 Å². The van der Waals surface area contributed by atoms with E-state index in [9.17, 15) is 4.79 Å². The first kappa shape index (κ1) is 16.2. The Morgan fingerprint density at radius 1 is 0.846 bits per heavy atom. The number of carbonyl (C=O) groups excluding carboxylic acids is 1. The zero-order valence-corrected chi connectivity index (χ0v) is 14.6. The Morgan fingerprint density at radius 2 is 1.54 bits per heavy atom. The lowest BCUT2D eigenvalue weighted by Gasteiger charge is -2.05. The van der Waals surface area contributed by atoms with Crippen molar-refractivity contribution in [1.29, 1.82) is 0 Å². The van der Waals surface area contributed by atoms with E-state index in [1.165, 1.54) is 11.3 Å². The molecule has 4 aromatic rings. The van der Waals surface area contributed by atoms with Crippen LogP contribution in [-0.4, -0.2) is 15.9 Å². The predicted octanol–water partition coefficient (Wildman–Crippen LogP) is 5.12. The van der Waals surface area contributed by atoms with Crippen molar-refractivity contribution in [1.82, 2.24) is 9.97 Å². The monoisotopic (exact) mass is 357 g/mol. The zero-order valence-electron chi connectivity index (χ0n) is 13.8. The molecule has 0 saturated heterocycles. The van der Waals surface area contributed by atoms with E-state index in [4.69, 9.17) is 4.98 Å². The molecule has 4 rings (SSSR count). The molecule has 0 aliphatic carbocycles. The third kappa shape index (κ3) is 3.38. The lowest BCUT2D eigenvalue weighted by atomic mass is 10.1. The minimum absolute atomic E-state index is 0.196.